The van der Waals surface area contributed by atoms with Gasteiger partial charge in [-0.25, -0.2) is 4.79 Å². The van der Waals surface area contributed by atoms with E-state index >= 15 is 0 Å². The quantitative estimate of drug-likeness (QED) is 0.678. The molecule has 0 unspecified atom stereocenters. The van der Waals surface area contributed by atoms with E-state index in [1.54, 1.807) is 4.90 Å². The van der Waals surface area contributed by atoms with E-state index in [1.807, 2.05) is 36.4 Å². The van der Waals surface area contributed by atoms with Gasteiger partial charge >= 0.3 is 6.03 Å². The lowest BCUT2D eigenvalue weighted by molar-refractivity contribution is -0.125. The highest BCUT2D eigenvalue weighted by Gasteiger charge is 2.48. The molecule has 3 aliphatic rings. The Kier molecular flexibility index (Phi) is 4.23. The Morgan fingerprint density at radius 1 is 1.03 bits per heavy atom. The van der Waals surface area contributed by atoms with Gasteiger partial charge in [0.15, 0.2) is 0 Å². The summed E-state index contributed by atoms with van der Waals surface area (Å²) in [4.78, 5) is 51.1. The maximum absolute atomic E-state index is 13.4. The van der Waals surface area contributed by atoms with Gasteiger partial charge in [-0.2, -0.15) is 0 Å². The predicted octanol–water partition coefficient (Wildman–Crippen LogP) is 2.00. The van der Waals surface area contributed by atoms with E-state index in [-0.39, 0.29) is 23.6 Å². The van der Waals surface area contributed by atoms with Crippen molar-refractivity contribution in [3.8, 4) is 0 Å². The average molecular weight is 406 g/mol. The fourth-order valence-electron chi connectivity index (χ4n) is 4.24. The molecule has 1 spiro atoms. The molecule has 1 aliphatic carbocycles. The molecule has 2 heterocycles. The van der Waals surface area contributed by atoms with Gasteiger partial charge in [0.2, 0.25) is 5.91 Å². The second kappa shape index (κ2) is 6.83. The van der Waals surface area contributed by atoms with Crippen molar-refractivity contribution in [2.24, 2.45) is 5.92 Å². The fraction of sp³-hybridized carbons (Fsp3) is 0.364. The SMILES string of the molecule is O=C1NC(=O)C2(CCN(C(=O)c3cc4ccccc4cc3NC(=O)C3CC3)CC2)N1. The minimum atomic E-state index is -0.930. The summed E-state index contributed by atoms with van der Waals surface area (Å²) in [7, 11) is 0. The van der Waals surface area contributed by atoms with Crippen LogP contribution in [0.25, 0.3) is 10.8 Å². The number of urea groups is 1. The summed E-state index contributed by atoms with van der Waals surface area (Å²) in [5, 5.41) is 9.79. The van der Waals surface area contributed by atoms with E-state index in [2.05, 4.69) is 16.0 Å². The van der Waals surface area contributed by atoms with Crippen molar-refractivity contribution in [2.45, 2.75) is 31.2 Å². The molecule has 3 fully saturated rings. The van der Waals surface area contributed by atoms with Crippen LogP contribution in [0.1, 0.15) is 36.0 Å². The first-order chi connectivity index (χ1) is 14.4. The van der Waals surface area contributed by atoms with Gasteiger partial charge in [0.25, 0.3) is 11.8 Å². The molecule has 2 aliphatic heterocycles. The molecule has 30 heavy (non-hydrogen) atoms. The summed E-state index contributed by atoms with van der Waals surface area (Å²) in [6.07, 6.45) is 2.47. The van der Waals surface area contributed by atoms with E-state index in [1.165, 1.54) is 0 Å². The van der Waals surface area contributed by atoms with Crippen molar-refractivity contribution in [3.05, 3.63) is 42.0 Å². The van der Waals surface area contributed by atoms with Crippen molar-refractivity contribution in [1.82, 2.24) is 15.5 Å². The molecular formula is C22H22N4O4. The number of amides is 5. The van der Waals surface area contributed by atoms with Crippen LogP contribution in [0.4, 0.5) is 10.5 Å². The zero-order chi connectivity index (χ0) is 20.9. The molecule has 2 aromatic carbocycles. The lowest BCUT2D eigenvalue weighted by atomic mass is 9.87. The smallest absolute Gasteiger partial charge is 0.322 e. The minimum absolute atomic E-state index is 0.0266. The molecule has 2 aromatic rings. The second-order valence-electron chi connectivity index (χ2n) is 8.29. The molecule has 154 valence electrons. The monoisotopic (exact) mass is 406 g/mol. The number of nitrogens with zero attached hydrogens (tertiary/aromatic N) is 1. The number of likely N-dealkylation sites (tertiary alicyclic amines) is 1. The molecule has 0 atom stereocenters. The summed E-state index contributed by atoms with van der Waals surface area (Å²) in [5.41, 5.74) is 0.0293. The first-order valence-corrected chi connectivity index (χ1v) is 10.2. The Labute approximate surface area is 173 Å². The molecule has 3 N–H and O–H groups in total. The summed E-state index contributed by atoms with van der Waals surface area (Å²) >= 11 is 0. The van der Waals surface area contributed by atoms with Crippen molar-refractivity contribution in [2.75, 3.05) is 18.4 Å². The Bertz CT molecular complexity index is 1080. The molecule has 8 heteroatoms. The van der Waals surface area contributed by atoms with E-state index in [0.29, 0.717) is 37.2 Å². The number of carbonyl (C=O) groups is 4. The van der Waals surface area contributed by atoms with Crippen molar-refractivity contribution in [3.63, 3.8) is 0 Å². The van der Waals surface area contributed by atoms with Crippen LogP contribution in [-0.2, 0) is 9.59 Å². The maximum Gasteiger partial charge on any atom is 0.322 e. The molecule has 0 radical (unpaired) electrons. The van der Waals surface area contributed by atoms with Gasteiger partial charge in [-0.1, -0.05) is 24.3 Å². The highest BCUT2D eigenvalue weighted by molar-refractivity contribution is 6.09. The lowest BCUT2D eigenvalue weighted by Gasteiger charge is -2.37. The number of piperidine rings is 1. The van der Waals surface area contributed by atoms with Crippen LogP contribution < -0.4 is 16.0 Å². The number of nitrogens with one attached hydrogen (secondary N) is 3. The Hall–Kier alpha value is -3.42. The third-order valence-corrected chi connectivity index (χ3v) is 6.24. The van der Waals surface area contributed by atoms with Crippen molar-refractivity contribution < 1.29 is 19.2 Å². The third-order valence-electron chi connectivity index (χ3n) is 6.24. The van der Waals surface area contributed by atoms with Crippen LogP contribution in [0, 0.1) is 5.92 Å². The second-order valence-corrected chi connectivity index (χ2v) is 8.29. The average Bonchev–Trinajstić information content (AvgIpc) is 3.55. The molecule has 5 rings (SSSR count). The molecule has 8 nitrogen and oxygen atoms in total. The van der Waals surface area contributed by atoms with Gasteiger partial charge in [-0.3, -0.25) is 19.7 Å². The van der Waals surface area contributed by atoms with Crippen LogP contribution >= 0.6 is 0 Å². The highest BCUT2D eigenvalue weighted by Crippen LogP contribution is 2.33. The standard InChI is InChI=1S/C22H22N4O4/c27-18(13-5-6-13)23-17-12-15-4-2-1-3-14(15)11-16(17)19(28)26-9-7-22(8-10-26)20(29)24-21(30)25-22/h1-4,11-13H,5-10H2,(H,23,27)(H2,24,25,29,30). The number of hydrogen-bond acceptors (Lipinski definition) is 4. The Morgan fingerprint density at radius 2 is 1.70 bits per heavy atom. The van der Waals surface area contributed by atoms with Gasteiger partial charge in [-0.05, 0) is 48.6 Å². The van der Waals surface area contributed by atoms with Gasteiger partial charge in [0.05, 0.1) is 11.3 Å². The summed E-state index contributed by atoms with van der Waals surface area (Å²) in [6.45, 7) is 0.685. The normalized spacial score (nSPS) is 20.2. The topological polar surface area (TPSA) is 108 Å². The summed E-state index contributed by atoms with van der Waals surface area (Å²) in [5.74, 6) is -0.546. The van der Waals surface area contributed by atoms with Gasteiger partial charge in [-0.15, -0.1) is 0 Å². The molecule has 2 saturated heterocycles. The maximum atomic E-state index is 13.4. The number of benzene rings is 2. The predicted molar refractivity (Wildman–Crippen MR) is 110 cm³/mol. The van der Waals surface area contributed by atoms with Gasteiger partial charge in [0.1, 0.15) is 5.54 Å². The minimum Gasteiger partial charge on any atom is -0.338 e. The van der Waals surface area contributed by atoms with Gasteiger partial charge in [0, 0.05) is 19.0 Å². The van der Waals surface area contributed by atoms with E-state index in [4.69, 9.17) is 0 Å². The Morgan fingerprint density at radius 3 is 2.30 bits per heavy atom. The van der Waals surface area contributed by atoms with Crippen LogP contribution in [0.15, 0.2) is 36.4 Å². The van der Waals surface area contributed by atoms with Crippen molar-refractivity contribution >= 4 is 40.2 Å². The number of anilines is 1. The third kappa shape index (κ3) is 3.18. The van der Waals surface area contributed by atoms with Crippen LogP contribution in [0.5, 0.6) is 0 Å². The Balaban J connectivity index is 1.42. The number of rotatable bonds is 3. The first kappa shape index (κ1) is 18.6. The van der Waals surface area contributed by atoms with E-state index in [0.717, 1.165) is 23.6 Å². The highest BCUT2D eigenvalue weighted by atomic mass is 16.2. The van der Waals surface area contributed by atoms with Crippen LogP contribution in [0.3, 0.4) is 0 Å². The summed E-state index contributed by atoms with van der Waals surface area (Å²) < 4.78 is 0. The fourth-order valence-corrected chi connectivity index (χ4v) is 4.24. The number of fused-ring (bicyclic) bond motifs is 1. The molecule has 5 amide bonds. The van der Waals surface area contributed by atoms with Crippen molar-refractivity contribution in [1.29, 1.82) is 0 Å². The largest absolute Gasteiger partial charge is 0.338 e. The van der Waals surface area contributed by atoms with Gasteiger partial charge < -0.3 is 15.5 Å². The number of hydrogen-bond donors (Lipinski definition) is 3. The molecule has 0 bridgehead atoms. The zero-order valence-corrected chi connectivity index (χ0v) is 16.4. The lowest BCUT2D eigenvalue weighted by Crippen LogP contribution is -2.55. The summed E-state index contributed by atoms with van der Waals surface area (Å²) in [6, 6.07) is 10.9. The van der Waals surface area contributed by atoms with E-state index < -0.39 is 11.6 Å². The molecular weight excluding hydrogens is 384 g/mol. The van der Waals surface area contributed by atoms with Crippen LogP contribution in [-0.4, -0.2) is 47.3 Å². The molecule has 0 aromatic heterocycles. The first-order valence-electron chi connectivity index (χ1n) is 10.2. The number of carbonyl (C=O) groups excluding carboxylic acids is 4. The zero-order valence-electron chi connectivity index (χ0n) is 16.4. The molecule has 1 saturated carbocycles. The van der Waals surface area contributed by atoms with Crippen LogP contribution in [0.2, 0.25) is 0 Å². The van der Waals surface area contributed by atoms with E-state index in [9.17, 15) is 19.2 Å². The number of imide groups is 1.